The predicted molar refractivity (Wildman–Crippen MR) is 94.9 cm³/mol. The molecule has 0 amide bonds. The number of benzene rings is 1. The zero-order valence-corrected chi connectivity index (χ0v) is 14.3. The molecule has 0 atom stereocenters. The van der Waals surface area contributed by atoms with Crippen molar-refractivity contribution in [1.82, 2.24) is 19.6 Å². The molecule has 0 bridgehead atoms. The molecule has 0 spiro atoms. The van der Waals surface area contributed by atoms with E-state index in [1.807, 2.05) is 13.0 Å². The maximum atomic E-state index is 13.3. The molecule has 2 aromatic rings. The van der Waals surface area contributed by atoms with Gasteiger partial charge in [0.15, 0.2) is 0 Å². The molecule has 128 valence electrons. The average molecular weight is 328 g/mol. The van der Waals surface area contributed by atoms with Gasteiger partial charge in [-0.2, -0.15) is 5.10 Å². The molecule has 1 aliphatic rings. The second-order valence-electron chi connectivity index (χ2n) is 6.44. The van der Waals surface area contributed by atoms with Gasteiger partial charge in [-0.05, 0) is 44.1 Å². The zero-order valence-electron chi connectivity index (χ0n) is 14.3. The Morgan fingerprint density at radius 3 is 2.58 bits per heavy atom. The molecule has 1 saturated heterocycles. The van der Waals surface area contributed by atoms with E-state index in [4.69, 9.17) is 0 Å². The molecule has 0 radical (unpaired) electrons. The van der Waals surface area contributed by atoms with Gasteiger partial charge in [-0.25, -0.2) is 9.07 Å². The van der Waals surface area contributed by atoms with E-state index in [-0.39, 0.29) is 5.82 Å². The van der Waals surface area contributed by atoms with Gasteiger partial charge in [0.05, 0.1) is 5.69 Å². The summed E-state index contributed by atoms with van der Waals surface area (Å²) < 4.78 is 15.1. The highest BCUT2D eigenvalue weighted by Gasteiger charge is 2.17. The van der Waals surface area contributed by atoms with Crippen molar-refractivity contribution < 1.29 is 4.39 Å². The smallest absolute Gasteiger partial charge is 0.123 e. The van der Waals surface area contributed by atoms with Crippen molar-refractivity contribution in [2.45, 2.75) is 26.4 Å². The van der Waals surface area contributed by atoms with Crippen LogP contribution in [0.4, 0.5) is 4.39 Å². The SMILES string of the molecule is C=Cn1cc(CN2CCCN(Cc3cccc(F)c3)CC2)c(C)n1. The molecule has 24 heavy (non-hydrogen) atoms. The number of rotatable bonds is 5. The van der Waals surface area contributed by atoms with Crippen molar-refractivity contribution in [3.8, 4) is 0 Å². The first kappa shape index (κ1) is 16.9. The Balaban J connectivity index is 1.56. The predicted octanol–water partition coefficient (Wildman–Crippen LogP) is 3.14. The van der Waals surface area contributed by atoms with Crippen LogP contribution < -0.4 is 0 Å². The van der Waals surface area contributed by atoms with E-state index < -0.39 is 0 Å². The molecule has 0 N–H and O–H groups in total. The summed E-state index contributed by atoms with van der Waals surface area (Å²) in [4.78, 5) is 4.89. The maximum Gasteiger partial charge on any atom is 0.123 e. The molecule has 1 aromatic carbocycles. The minimum atomic E-state index is -0.154. The first-order chi connectivity index (χ1) is 11.6. The molecule has 0 saturated carbocycles. The van der Waals surface area contributed by atoms with E-state index >= 15 is 0 Å². The third-order valence-corrected chi connectivity index (χ3v) is 4.58. The normalized spacial score (nSPS) is 16.9. The third-order valence-electron chi connectivity index (χ3n) is 4.58. The van der Waals surface area contributed by atoms with E-state index in [2.05, 4.69) is 27.7 Å². The van der Waals surface area contributed by atoms with Crippen LogP contribution >= 0.6 is 0 Å². The Labute approximate surface area is 143 Å². The first-order valence-corrected chi connectivity index (χ1v) is 8.50. The lowest BCUT2D eigenvalue weighted by Crippen LogP contribution is -2.30. The van der Waals surface area contributed by atoms with Gasteiger partial charge in [0.25, 0.3) is 0 Å². The number of aryl methyl sites for hydroxylation is 1. The van der Waals surface area contributed by atoms with Gasteiger partial charge in [0.1, 0.15) is 5.82 Å². The Bertz CT molecular complexity index is 694. The zero-order chi connectivity index (χ0) is 16.9. The van der Waals surface area contributed by atoms with Crippen LogP contribution in [-0.4, -0.2) is 45.8 Å². The highest BCUT2D eigenvalue weighted by Crippen LogP contribution is 2.14. The lowest BCUT2D eigenvalue weighted by Gasteiger charge is -2.21. The van der Waals surface area contributed by atoms with Crippen LogP contribution in [0.5, 0.6) is 0 Å². The lowest BCUT2D eigenvalue weighted by molar-refractivity contribution is 0.247. The van der Waals surface area contributed by atoms with Gasteiger partial charge in [0, 0.05) is 44.1 Å². The van der Waals surface area contributed by atoms with Crippen molar-refractivity contribution in [3.05, 3.63) is 59.7 Å². The summed E-state index contributed by atoms with van der Waals surface area (Å²) in [5, 5.41) is 4.42. The van der Waals surface area contributed by atoms with E-state index in [0.29, 0.717) is 0 Å². The van der Waals surface area contributed by atoms with Crippen molar-refractivity contribution >= 4 is 6.20 Å². The monoisotopic (exact) mass is 328 g/mol. The fraction of sp³-hybridized carbons (Fsp3) is 0.421. The number of hydrogen-bond acceptors (Lipinski definition) is 3. The first-order valence-electron chi connectivity index (χ1n) is 8.50. The Hall–Kier alpha value is -1.98. The quantitative estimate of drug-likeness (QED) is 0.843. The topological polar surface area (TPSA) is 24.3 Å². The molecule has 2 heterocycles. The van der Waals surface area contributed by atoms with Crippen LogP contribution in [0.25, 0.3) is 6.20 Å². The Kier molecular flexibility index (Phi) is 5.43. The summed E-state index contributed by atoms with van der Waals surface area (Å²) in [6.45, 7) is 11.7. The van der Waals surface area contributed by atoms with E-state index in [1.165, 1.54) is 11.6 Å². The number of aromatic nitrogens is 2. The molecule has 3 rings (SSSR count). The van der Waals surface area contributed by atoms with Crippen molar-refractivity contribution in [3.63, 3.8) is 0 Å². The van der Waals surface area contributed by atoms with Gasteiger partial charge >= 0.3 is 0 Å². The largest absolute Gasteiger partial charge is 0.298 e. The fourth-order valence-corrected chi connectivity index (χ4v) is 3.24. The van der Waals surface area contributed by atoms with Gasteiger partial charge in [-0.3, -0.25) is 9.80 Å². The molecular weight excluding hydrogens is 303 g/mol. The maximum absolute atomic E-state index is 13.3. The van der Waals surface area contributed by atoms with Crippen molar-refractivity contribution in [2.75, 3.05) is 26.2 Å². The number of nitrogens with zero attached hydrogens (tertiary/aromatic N) is 4. The highest BCUT2D eigenvalue weighted by atomic mass is 19.1. The molecule has 0 unspecified atom stereocenters. The van der Waals surface area contributed by atoms with Gasteiger partial charge in [0.2, 0.25) is 0 Å². The van der Waals surface area contributed by atoms with Crippen LogP contribution in [0, 0.1) is 12.7 Å². The Morgan fingerprint density at radius 2 is 1.92 bits per heavy atom. The molecule has 4 nitrogen and oxygen atoms in total. The summed E-state index contributed by atoms with van der Waals surface area (Å²) >= 11 is 0. The summed E-state index contributed by atoms with van der Waals surface area (Å²) in [6, 6.07) is 6.92. The fourth-order valence-electron chi connectivity index (χ4n) is 3.24. The summed E-state index contributed by atoms with van der Waals surface area (Å²) in [7, 11) is 0. The number of hydrogen-bond donors (Lipinski definition) is 0. The van der Waals surface area contributed by atoms with Crippen LogP contribution in [0.15, 0.2) is 37.0 Å². The molecule has 1 fully saturated rings. The molecule has 5 heteroatoms. The van der Waals surface area contributed by atoms with E-state index in [9.17, 15) is 4.39 Å². The van der Waals surface area contributed by atoms with Crippen molar-refractivity contribution in [1.29, 1.82) is 0 Å². The second kappa shape index (κ2) is 7.73. The molecule has 1 aromatic heterocycles. The van der Waals surface area contributed by atoms with Gasteiger partial charge in [-0.15, -0.1) is 0 Å². The second-order valence-corrected chi connectivity index (χ2v) is 6.44. The number of halogens is 1. The van der Waals surface area contributed by atoms with Gasteiger partial charge in [-0.1, -0.05) is 18.7 Å². The minimum absolute atomic E-state index is 0.154. The minimum Gasteiger partial charge on any atom is -0.298 e. The van der Waals surface area contributed by atoms with E-state index in [0.717, 1.165) is 56.9 Å². The summed E-state index contributed by atoms with van der Waals surface area (Å²) in [6.07, 6.45) is 4.90. The van der Waals surface area contributed by atoms with Crippen LogP contribution in [0.3, 0.4) is 0 Å². The van der Waals surface area contributed by atoms with Crippen LogP contribution in [0.1, 0.15) is 23.2 Å². The van der Waals surface area contributed by atoms with Crippen molar-refractivity contribution in [2.24, 2.45) is 0 Å². The van der Waals surface area contributed by atoms with Gasteiger partial charge < -0.3 is 0 Å². The summed E-state index contributed by atoms with van der Waals surface area (Å²) in [5.74, 6) is -0.154. The standard InChI is InChI=1S/C19H25FN4/c1-3-24-15-18(16(2)21-24)14-23-9-5-8-22(10-11-23)13-17-6-4-7-19(20)12-17/h3-4,6-7,12,15H,1,5,8-11,13-14H2,2H3. The molecular formula is C19H25FN4. The average Bonchev–Trinajstić information content (AvgIpc) is 2.77. The lowest BCUT2D eigenvalue weighted by atomic mass is 10.2. The van der Waals surface area contributed by atoms with Crippen LogP contribution in [0.2, 0.25) is 0 Å². The highest BCUT2D eigenvalue weighted by molar-refractivity contribution is 5.23. The summed E-state index contributed by atoms with van der Waals surface area (Å²) in [5.41, 5.74) is 3.37. The third kappa shape index (κ3) is 4.30. The molecule has 1 aliphatic heterocycles. The Morgan fingerprint density at radius 1 is 1.17 bits per heavy atom. The van der Waals surface area contributed by atoms with Crippen LogP contribution in [-0.2, 0) is 13.1 Å². The van der Waals surface area contributed by atoms with E-state index in [1.54, 1.807) is 23.0 Å². The molecule has 0 aliphatic carbocycles.